The molecule has 2 rings (SSSR count). The molecule has 0 atom stereocenters. The van der Waals surface area contributed by atoms with Crippen LogP contribution in [0.15, 0.2) is 0 Å². The number of amides is 1. The van der Waals surface area contributed by atoms with E-state index in [1.165, 1.54) is 0 Å². The van der Waals surface area contributed by atoms with Gasteiger partial charge in [-0.25, -0.2) is 4.68 Å². The monoisotopic (exact) mass is 297 g/mol. The molecule has 0 bridgehead atoms. The summed E-state index contributed by atoms with van der Waals surface area (Å²) in [5, 5.41) is 17.0. The molecule has 1 aromatic rings. The zero-order valence-corrected chi connectivity index (χ0v) is 12.7. The second-order valence-electron chi connectivity index (χ2n) is 5.39. The molecule has 0 aliphatic carbocycles. The van der Waals surface area contributed by atoms with Crippen LogP contribution in [0.2, 0.25) is 0 Å². The normalized spacial score (nSPS) is 15.1. The van der Waals surface area contributed by atoms with Gasteiger partial charge in [0, 0.05) is 13.1 Å². The highest BCUT2D eigenvalue weighted by atomic mass is 16.5. The maximum Gasteiger partial charge on any atom is 0.237 e. The molecule has 0 fully saturated rings. The molecule has 0 radical (unpaired) electrons. The smallest absolute Gasteiger partial charge is 0.237 e. The van der Waals surface area contributed by atoms with Crippen LogP contribution in [-0.2, 0) is 29.2 Å². The van der Waals surface area contributed by atoms with E-state index >= 15 is 0 Å². The van der Waals surface area contributed by atoms with Gasteiger partial charge in [-0.2, -0.15) is 0 Å². The van der Waals surface area contributed by atoms with E-state index in [1.54, 1.807) is 0 Å². The van der Waals surface area contributed by atoms with Crippen molar-refractivity contribution in [3.8, 4) is 0 Å². The standard InChI is InChI=1S/C13H23N5O3/c1-16(2)9-13(20)17-4-3-5-18-12(8-17)11(14-15-18)10-21-7-6-19/h19H,3-10H2,1-2H3. The van der Waals surface area contributed by atoms with E-state index in [0.29, 0.717) is 19.7 Å². The fourth-order valence-electron chi connectivity index (χ4n) is 2.32. The summed E-state index contributed by atoms with van der Waals surface area (Å²) in [7, 11) is 3.77. The molecule has 118 valence electrons. The first-order chi connectivity index (χ1) is 10.1. The van der Waals surface area contributed by atoms with Crippen LogP contribution < -0.4 is 0 Å². The van der Waals surface area contributed by atoms with Crippen LogP contribution in [0.25, 0.3) is 0 Å². The lowest BCUT2D eigenvalue weighted by molar-refractivity contribution is -0.132. The second kappa shape index (κ2) is 7.48. The quantitative estimate of drug-likeness (QED) is 0.684. The fraction of sp³-hybridized carbons (Fsp3) is 0.769. The lowest BCUT2D eigenvalue weighted by Crippen LogP contribution is -2.37. The summed E-state index contributed by atoms with van der Waals surface area (Å²) < 4.78 is 7.16. The van der Waals surface area contributed by atoms with Crippen molar-refractivity contribution in [3.63, 3.8) is 0 Å². The fourth-order valence-corrected chi connectivity index (χ4v) is 2.32. The number of aromatic nitrogens is 3. The van der Waals surface area contributed by atoms with Crippen LogP contribution in [0.5, 0.6) is 0 Å². The Kier molecular flexibility index (Phi) is 5.66. The molecule has 0 saturated heterocycles. The van der Waals surface area contributed by atoms with Crippen LogP contribution >= 0.6 is 0 Å². The van der Waals surface area contributed by atoms with Crippen molar-refractivity contribution in [2.45, 2.75) is 26.1 Å². The van der Waals surface area contributed by atoms with Gasteiger partial charge in [0.2, 0.25) is 5.91 Å². The number of aliphatic hydroxyl groups is 1. The number of likely N-dealkylation sites (N-methyl/N-ethyl adjacent to an activating group) is 1. The van der Waals surface area contributed by atoms with Crippen molar-refractivity contribution < 1.29 is 14.6 Å². The third-order valence-corrected chi connectivity index (χ3v) is 3.34. The average Bonchev–Trinajstić information content (AvgIpc) is 2.68. The number of carbonyl (C=O) groups is 1. The number of fused-ring (bicyclic) bond motifs is 1. The lowest BCUT2D eigenvalue weighted by Gasteiger charge is -2.22. The first kappa shape index (κ1) is 15.9. The van der Waals surface area contributed by atoms with Crippen molar-refractivity contribution in [1.29, 1.82) is 0 Å². The Morgan fingerprint density at radius 2 is 2.24 bits per heavy atom. The molecule has 0 unspecified atom stereocenters. The maximum absolute atomic E-state index is 12.2. The predicted octanol–water partition coefficient (Wildman–Crippen LogP) is -0.919. The zero-order chi connectivity index (χ0) is 15.2. The van der Waals surface area contributed by atoms with Crippen molar-refractivity contribution in [3.05, 3.63) is 11.4 Å². The Labute approximate surface area is 124 Å². The maximum atomic E-state index is 12.2. The second-order valence-corrected chi connectivity index (χ2v) is 5.39. The van der Waals surface area contributed by atoms with Gasteiger partial charge < -0.3 is 19.6 Å². The van der Waals surface area contributed by atoms with Gasteiger partial charge in [-0.05, 0) is 20.5 Å². The van der Waals surface area contributed by atoms with Gasteiger partial charge in [0.1, 0.15) is 5.69 Å². The summed E-state index contributed by atoms with van der Waals surface area (Å²) in [6, 6.07) is 0. The molecule has 0 spiro atoms. The van der Waals surface area contributed by atoms with E-state index in [-0.39, 0.29) is 19.1 Å². The van der Waals surface area contributed by atoms with E-state index in [4.69, 9.17) is 9.84 Å². The Morgan fingerprint density at radius 3 is 2.95 bits per heavy atom. The molecule has 1 aromatic heterocycles. The number of aliphatic hydroxyl groups excluding tert-OH is 1. The molecule has 1 amide bonds. The van der Waals surface area contributed by atoms with Gasteiger partial charge in [-0.15, -0.1) is 5.10 Å². The average molecular weight is 297 g/mol. The summed E-state index contributed by atoms with van der Waals surface area (Å²) in [6.45, 7) is 2.97. The number of ether oxygens (including phenoxy) is 1. The number of rotatable bonds is 6. The van der Waals surface area contributed by atoms with Crippen molar-refractivity contribution in [2.24, 2.45) is 0 Å². The highest BCUT2D eigenvalue weighted by Crippen LogP contribution is 2.15. The van der Waals surface area contributed by atoms with Crippen molar-refractivity contribution >= 4 is 5.91 Å². The molecule has 1 aliphatic rings. The highest BCUT2D eigenvalue weighted by Gasteiger charge is 2.23. The highest BCUT2D eigenvalue weighted by molar-refractivity contribution is 5.78. The van der Waals surface area contributed by atoms with E-state index in [2.05, 4.69) is 10.3 Å². The van der Waals surface area contributed by atoms with Crippen molar-refractivity contribution in [2.75, 3.05) is 40.4 Å². The van der Waals surface area contributed by atoms with Crippen molar-refractivity contribution in [1.82, 2.24) is 24.8 Å². The minimum Gasteiger partial charge on any atom is -0.394 e. The zero-order valence-electron chi connectivity index (χ0n) is 12.7. The van der Waals surface area contributed by atoms with E-state index in [1.807, 2.05) is 28.6 Å². The molecular weight excluding hydrogens is 274 g/mol. The van der Waals surface area contributed by atoms with Gasteiger partial charge >= 0.3 is 0 Å². The summed E-state index contributed by atoms with van der Waals surface area (Å²) in [5.74, 6) is 0.108. The van der Waals surface area contributed by atoms with Gasteiger partial charge in [-0.3, -0.25) is 4.79 Å². The predicted molar refractivity (Wildman–Crippen MR) is 75.4 cm³/mol. The Hall–Kier alpha value is -1.51. The van der Waals surface area contributed by atoms with Crippen LogP contribution in [0.4, 0.5) is 0 Å². The number of carbonyl (C=O) groups excluding carboxylic acids is 1. The van der Waals surface area contributed by atoms with Crippen LogP contribution in [0.1, 0.15) is 17.8 Å². The summed E-state index contributed by atoms with van der Waals surface area (Å²) in [6.07, 6.45) is 0.868. The molecule has 8 nitrogen and oxygen atoms in total. The first-order valence-electron chi connectivity index (χ1n) is 7.14. The molecule has 8 heteroatoms. The summed E-state index contributed by atoms with van der Waals surface area (Å²) in [4.78, 5) is 15.9. The van der Waals surface area contributed by atoms with E-state index < -0.39 is 0 Å². The number of nitrogens with zero attached hydrogens (tertiary/aromatic N) is 5. The number of hydrogen-bond donors (Lipinski definition) is 1. The number of hydrogen-bond acceptors (Lipinski definition) is 6. The van der Waals surface area contributed by atoms with E-state index in [0.717, 1.165) is 30.9 Å². The van der Waals surface area contributed by atoms with Gasteiger partial charge in [0.25, 0.3) is 0 Å². The largest absolute Gasteiger partial charge is 0.394 e. The Bertz CT molecular complexity index is 474. The number of aryl methyl sites for hydroxylation is 1. The van der Waals surface area contributed by atoms with Crippen LogP contribution in [0.3, 0.4) is 0 Å². The molecular formula is C13H23N5O3. The first-order valence-corrected chi connectivity index (χ1v) is 7.14. The van der Waals surface area contributed by atoms with Gasteiger partial charge in [-0.1, -0.05) is 5.21 Å². The van der Waals surface area contributed by atoms with Crippen LogP contribution in [0, 0.1) is 0 Å². The topological polar surface area (TPSA) is 83.7 Å². The summed E-state index contributed by atoms with van der Waals surface area (Å²) in [5.41, 5.74) is 1.67. The minimum atomic E-state index is -0.0169. The van der Waals surface area contributed by atoms with Crippen LogP contribution in [-0.4, -0.2) is 76.2 Å². The third-order valence-electron chi connectivity index (χ3n) is 3.34. The van der Waals surface area contributed by atoms with Gasteiger partial charge in [0.15, 0.2) is 0 Å². The molecule has 0 saturated carbocycles. The lowest BCUT2D eigenvalue weighted by atomic mass is 10.3. The van der Waals surface area contributed by atoms with Gasteiger partial charge in [0.05, 0.1) is 38.6 Å². The Balaban J connectivity index is 2.06. The molecule has 2 heterocycles. The SMILES string of the molecule is CN(C)CC(=O)N1CCCn2nnc(COCCO)c2C1. The van der Waals surface area contributed by atoms with E-state index in [9.17, 15) is 4.79 Å². The minimum absolute atomic E-state index is 0.0169. The molecule has 21 heavy (non-hydrogen) atoms. The molecule has 0 aromatic carbocycles. The summed E-state index contributed by atoms with van der Waals surface area (Å²) >= 11 is 0. The third kappa shape index (κ3) is 4.23. The molecule has 1 aliphatic heterocycles. The molecule has 1 N–H and O–H groups in total. The Morgan fingerprint density at radius 1 is 1.43 bits per heavy atom.